The number of rotatable bonds is 4. The van der Waals surface area contributed by atoms with E-state index in [0.717, 1.165) is 28.7 Å². The van der Waals surface area contributed by atoms with Crippen molar-refractivity contribution in [2.75, 3.05) is 0 Å². The predicted molar refractivity (Wildman–Crippen MR) is 80.0 cm³/mol. The number of benzene rings is 1. The molecule has 0 saturated carbocycles. The minimum atomic E-state index is -0.251. The number of halogens is 1. The van der Waals surface area contributed by atoms with E-state index in [9.17, 15) is 9.18 Å². The molecule has 0 N–H and O–H groups in total. The van der Waals surface area contributed by atoms with Crippen LogP contribution in [0.4, 0.5) is 4.39 Å². The number of carbonyl (C=O) groups excluding carboxylic acids is 1. The maximum Gasteiger partial charge on any atom is 0.142 e. The Bertz CT molecular complexity index is 636. The van der Waals surface area contributed by atoms with Crippen LogP contribution in [-0.2, 0) is 4.79 Å². The predicted octanol–water partition coefficient (Wildman–Crippen LogP) is 4.40. The van der Waals surface area contributed by atoms with E-state index in [1.165, 1.54) is 18.2 Å². The summed E-state index contributed by atoms with van der Waals surface area (Å²) < 4.78 is 15.2. The maximum atomic E-state index is 13.1. The van der Waals surface area contributed by atoms with Crippen molar-refractivity contribution in [1.82, 2.24) is 4.57 Å². The van der Waals surface area contributed by atoms with Crippen molar-refractivity contribution in [1.29, 1.82) is 0 Å². The van der Waals surface area contributed by atoms with Crippen LogP contribution in [0.25, 0.3) is 17.2 Å². The number of allylic oxidation sites excluding steroid dienone is 1. The van der Waals surface area contributed by atoms with Crippen LogP contribution in [0, 0.1) is 12.7 Å². The summed E-state index contributed by atoms with van der Waals surface area (Å²) in [5, 5.41) is 0. The summed E-state index contributed by atoms with van der Waals surface area (Å²) in [6, 6.07) is 6.74. The van der Waals surface area contributed by atoms with Gasteiger partial charge in [0.05, 0.1) is 0 Å². The fraction of sp³-hybridized carbons (Fsp3) is 0.235. The first kappa shape index (κ1) is 14.3. The van der Waals surface area contributed by atoms with Crippen LogP contribution in [0.2, 0.25) is 0 Å². The van der Waals surface area contributed by atoms with Gasteiger partial charge in [0.1, 0.15) is 12.1 Å². The average molecular weight is 271 g/mol. The van der Waals surface area contributed by atoms with Crippen molar-refractivity contribution in [2.45, 2.75) is 26.8 Å². The zero-order valence-electron chi connectivity index (χ0n) is 11.9. The van der Waals surface area contributed by atoms with Crippen LogP contribution >= 0.6 is 0 Å². The second kappa shape index (κ2) is 5.87. The van der Waals surface area contributed by atoms with Gasteiger partial charge in [0.15, 0.2) is 0 Å². The van der Waals surface area contributed by atoms with Gasteiger partial charge in [-0.15, -0.1) is 0 Å². The molecule has 0 radical (unpaired) electrons. The van der Waals surface area contributed by atoms with E-state index in [2.05, 4.69) is 24.6 Å². The molecule has 1 aromatic carbocycles. The van der Waals surface area contributed by atoms with Crippen molar-refractivity contribution in [3.05, 3.63) is 53.6 Å². The van der Waals surface area contributed by atoms with E-state index in [-0.39, 0.29) is 5.82 Å². The summed E-state index contributed by atoms with van der Waals surface area (Å²) >= 11 is 0. The third-order valence-corrected chi connectivity index (χ3v) is 3.39. The molecule has 0 aliphatic rings. The van der Waals surface area contributed by atoms with E-state index in [1.807, 2.05) is 6.92 Å². The van der Waals surface area contributed by atoms with Crippen LogP contribution in [0.15, 0.2) is 36.5 Å². The molecule has 2 aromatic rings. The van der Waals surface area contributed by atoms with Gasteiger partial charge in [0, 0.05) is 29.1 Å². The van der Waals surface area contributed by atoms with Crippen LogP contribution in [0.1, 0.15) is 31.1 Å². The van der Waals surface area contributed by atoms with E-state index in [0.29, 0.717) is 6.04 Å². The van der Waals surface area contributed by atoms with Gasteiger partial charge in [0.25, 0.3) is 0 Å². The highest BCUT2D eigenvalue weighted by molar-refractivity contribution is 5.82. The molecule has 0 unspecified atom stereocenters. The molecule has 2 nitrogen and oxygen atoms in total. The molecule has 0 bridgehead atoms. The smallest absolute Gasteiger partial charge is 0.142 e. The third-order valence-electron chi connectivity index (χ3n) is 3.39. The molecule has 2 rings (SSSR count). The largest absolute Gasteiger partial charge is 0.348 e. The first-order chi connectivity index (χ1) is 9.54. The lowest BCUT2D eigenvalue weighted by Gasteiger charge is -2.09. The molecular weight excluding hydrogens is 253 g/mol. The first-order valence-corrected chi connectivity index (χ1v) is 6.63. The van der Waals surface area contributed by atoms with Gasteiger partial charge in [-0.2, -0.15) is 0 Å². The summed E-state index contributed by atoms with van der Waals surface area (Å²) in [5.74, 6) is -0.251. The van der Waals surface area contributed by atoms with Gasteiger partial charge in [-0.05, 0) is 50.6 Å². The van der Waals surface area contributed by atoms with Gasteiger partial charge in [-0.1, -0.05) is 12.1 Å². The zero-order chi connectivity index (χ0) is 14.7. The van der Waals surface area contributed by atoms with Gasteiger partial charge in [0.2, 0.25) is 0 Å². The molecule has 3 heteroatoms. The van der Waals surface area contributed by atoms with Crippen LogP contribution in [-0.4, -0.2) is 10.9 Å². The van der Waals surface area contributed by atoms with Crippen molar-refractivity contribution < 1.29 is 9.18 Å². The lowest BCUT2D eigenvalue weighted by Crippen LogP contribution is -2.00. The molecule has 104 valence electrons. The van der Waals surface area contributed by atoms with E-state index in [4.69, 9.17) is 0 Å². The van der Waals surface area contributed by atoms with Gasteiger partial charge < -0.3 is 4.57 Å². The highest BCUT2D eigenvalue weighted by atomic mass is 19.1. The molecule has 20 heavy (non-hydrogen) atoms. The highest BCUT2D eigenvalue weighted by Crippen LogP contribution is 2.31. The maximum absolute atomic E-state index is 13.1. The second-order valence-corrected chi connectivity index (χ2v) is 5.04. The molecule has 1 heterocycles. The Labute approximate surface area is 118 Å². The van der Waals surface area contributed by atoms with Gasteiger partial charge >= 0.3 is 0 Å². The van der Waals surface area contributed by atoms with Crippen molar-refractivity contribution in [3.63, 3.8) is 0 Å². The summed E-state index contributed by atoms with van der Waals surface area (Å²) in [4.78, 5) is 10.6. The Morgan fingerprint density at radius 1 is 1.20 bits per heavy atom. The first-order valence-electron chi connectivity index (χ1n) is 6.63. The molecule has 0 saturated heterocycles. The average Bonchev–Trinajstić information content (AvgIpc) is 2.75. The quantitative estimate of drug-likeness (QED) is 0.597. The number of aromatic nitrogens is 1. The third kappa shape index (κ3) is 2.72. The monoisotopic (exact) mass is 271 g/mol. The number of aldehydes is 1. The van der Waals surface area contributed by atoms with E-state index < -0.39 is 0 Å². The Balaban J connectivity index is 2.61. The highest BCUT2D eigenvalue weighted by Gasteiger charge is 2.13. The van der Waals surface area contributed by atoms with Crippen molar-refractivity contribution >= 4 is 12.4 Å². The number of hydrogen-bond donors (Lipinski definition) is 0. The Morgan fingerprint density at radius 3 is 2.40 bits per heavy atom. The second-order valence-electron chi connectivity index (χ2n) is 5.04. The molecule has 1 aromatic heterocycles. The number of carbonyl (C=O) groups is 1. The van der Waals surface area contributed by atoms with E-state index >= 15 is 0 Å². The SMILES string of the molecule is Cc1c(/C=C/C=O)c(-c2ccc(F)cc2)cn1C(C)C. The summed E-state index contributed by atoms with van der Waals surface area (Å²) in [6.07, 6.45) is 6.11. The molecule has 0 amide bonds. The van der Waals surface area contributed by atoms with Gasteiger partial charge in [-0.25, -0.2) is 4.39 Å². The summed E-state index contributed by atoms with van der Waals surface area (Å²) in [6.45, 7) is 6.24. The minimum Gasteiger partial charge on any atom is -0.348 e. The van der Waals surface area contributed by atoms with Crippen LogP contribution < -0.4 is 0 Å². The van der Waals surface area contributed by atoms with E-state index in [1.54, 1.807) is 18.2 Å². The fourth-order valence-electron chi connectivity index (χ4n) is 2.38. The van der Waals surface area contributed by atoms with Crippen molar-refractivity contribution in [2.24, 2.45) is 0 Å². The zero-order valence-corrected chi connectivity index (χ0v) is 11.9. The molecule has 0 fully saturated rings. The van der Waals surface area contributed by atoms with Gasteiger partial charge in [-0.3, -0.25) is 4.79 Å². The molecular formula is C17H18FNO. The summed E-state index contributed by atoms with van der Waals surface area (Å²) in [5.41, 5.74) is 4.04. The fourth-order valence-corrected chi connectivity index (χ4v) is 2.38. The molecule has 0 aliphatic carbocycles. The normalized spacial score (nSPS) is 11.4. The molecule has 0 atom stereocenters. The van der Waals surface area contributed by atoms with Crippen LogP contribution in [0.5, 0.6) is 0 Å². The lowest BCUT2D eigenvalue weighted by molar-refractivity contribution is -0.104. The lowest BCUT2D eigenvalue weighted by atomic mass is 10.0. The minimum absolute atomic E-state index is 0.251. The number of nitrogens with zero attached hydrogens (tertiary/aromatic N) is 1. The van der Waals surface area contributed by atoms with Crippen molar-refractivity contribution in [3.8, 4) is 11.1 Å². The molecule has 0 spiro atoms. The Kier molecular flexibility index (Phi) is 4.18. The van der Waals surface area contributed by atoms with Crippen LogP contribution in [0.3, 0.4) is 0 Å². The topological polar surface area (TPSA) is 22.0 Å². The standard InChI is InChI=1S/C17H18FNO/c1-12(2)19-11-17(14-6-8-15(18)9-7-14)16(13(19)3)5-4-10-20/h4-12H,1-3H3/b5-4+. The molecule has 0 aliphatic heterocycles. The Morgan fingerprint density at radius 2 is 1.85 bits per heavy atom. The Hall–Kier alpha value is -2.16. The number of hydrogen-bond acceptors (Lipinski definition) is 1. The summed E-state index contributed by atoms with van der Waals surface area (Å²) in [7, 11) is 0.